The first kappa shape index (κ1) is 10.6. The average Bonchev–Trinajstić information content (AvgIpc) is 2.18. The quantitative estimate of drug-likeness (QED) is 0.798. The Labute approximate surface area is 92.4 Å². The number of aryl methyl sites for hydroxylation is 1. The summed E-state index contributed by atoms with van der Waals surface area (Å²) in [6.45, 7) is 2.11. The molecule has 1 aromatic carbocycles. The van der Waals surface area contributed by atoms with E-state index in [4.69, 9.17) is 9.47 Å². The zero-order valence-electron chi connectivity index (χ0n) is 8.06. The van der Waals surface area contributed by atoms with E-state index in [9.17, 15) is 0 Å². The fourth-order valence-electron chi connectivity index (χ4n) is 1.13. The van der Waals surface area contributed by atoms with Crippen LogP contribution in [0.3, 0.4) is 0 Å². The summed E-state index contributed by atoms with van der Waals surface area (Å²) in [5.74, 6) is 1.77. The molecule has 0 unspecified atom stereocenters. The molecule has 0 heterocycles. The molecule has 0 fully saturated rings. The van der Waals surface area contributed by atoms with Crippen molar-refractivity contribution in [1.29, 1.82) is 0 Å². The van der Waals surface area contributed by atoms with Crippen LogP contribution in [0.4, 0.5) is 0 Å². The predicted molar refractivity (Wildman–Crippen MR) is 61.6 cm³/mol. The lowest BCUT2D eigenvalue weighted by Crippen LogP contribution is -1.94. The maximum Gasteiger partial charge on any atom is 0.136 e. The van der Waals surface area contributed by atoms with Gasteiger partial charge in [-0.3, -0.25) is 0 Å². The molecule has 0 bridgehead atoms. The molecule has 0 radical (unpaired) electrons. The van der Waals surface area contributed by atoms with Crippen LogP contribution in [0.2, 0.25) is 0 Å². The van der Waals surface area contributed by atoms with Crippen molar-refractivity contribution >= 4 is 22.6 Å². The summed E-state index contributed by atoms with van der Waals surface area (Å²) in [5.41, 5.74) is 1.23. The molecule has 13 heavy (non-hydrogen) atoms. The first-order valence-electron chi connectivity index (χ1n) is 4.13. The van der Waals surface area contributed by atoms with Gasteiger partial charge in [-0.05, 0) is 46.7 Å². The maximum absolute atomic E-state index is 5.24. The number of methoxy groups -OCH3 is 2. The van der Waals surface area contributed by atoms with Crippen molar-refractivity contribution < 1.29 is 9.47 Å². The molecule has 2 nitrogen and oxygen atoms in total. The average molecular weight is 292 g/mol. The van der Waals surface area contributed by atoms with Crippen LogP contribution < -0.4 is 9.47 Å². The van der Waals surface area contributed by atoms with E-state index >= 15 is 0 Å². The normalized spacial score (nSPS) is 9.85. The van der Waals surface area contributed by atoms with Gasteiger partial charge in [-0.1, -0.05) is 6.92 Å². The Balaban J connectivity index is 3.20. The third-order valence-electron chi connectivity index (χ3n) is 1.91. The van der Waals surface area contributed by atoms with Crippen LogP contribution in [0.1, 0.15) is 12.5 Å². The van der Waals surface area contributed by atoms with Crippen molar-refractivity contribution in [3.05, 3.63) is 21.3 Å². The first-order valence-corrected chi connectivity index (χ1v) is 5.21. The van der Waals surface area contributed by atoms with Crippen molar-refractivity contribution in [2.45, 2.75) is 13.3 Å². The number of hydrogen-bond donors (Lipinski definition) is 0. The van der Waals surface area contributed by atoms with Crippen molar-refractivity contribution in [1.82, 2.24) is 0 Å². The summed E-state index contributed by atoms with van der Waals surface area (Å²) in [6.07, 6.45) is 0.990. The second-order valence-corrected chi connectivity index (χ2v) is 3.75. The molecule has 0 N–H and O–H groups in total. The Hall–Kier alpha value is -0.450. The highest BCUT2D eigenvalue weighted by Crippen LogP contribution is 2.31. The van der Waals surface area contributed by atoms with Gasteiger partial charge >= 0.3 is 0 Å². The molecule has 0 spiro atoms. The number of ether oxygens (including phenoxy) is 2. The Bertz CT molecular complexity index is 272. The Kier molecular flexibility index (Phi) is 3.84. The smallest absolute Gasteiger partial charge is 0.136 e. The standard InChI is InChI=1S/C10H13IO2/c1-4-7-5-8(12-2)10(11)9(6-7)13-3/h5-6H,4H2,1-3H3. The number of hydrogen-bond acceptors (Lipinski definition) is 2. The molecule has 0 saturated carbocycles. The highest BCUT2D eigenvalue weighted by Gasteiger charge is 2.08. The van der Waals surface area contributed by atoms with Crippen LogP contribution >= 0.6 is 22.6 Å². The third-order valence-corrected chi connectivity index (χ3v) is 2.98. The van der Waals surface area contributed by atoms with Crippen molar-refractivity contribution in [2.75, 3.05) is 14.2 Å². The predicted octanol–water partition coefficient (Wildman–Crippen LogP) is 2.87. The monoisotopic (exact) mass is 292 g/mol. The second kappa shape index (κ2) is 4.69. The van der Waals surface area contributed by atoms with Gasteiger partial charge in [0.15, 0.2) is 0 Å². The Morgan fingerprint density at radius 1 is 1.15 bits per heavy atom. The molecule has 0 saturated heterocycles. The van der Waals surface area contributed by atoms with Gasteiger partial charge in [-0.15, -0.1) is 0 Å². The Morgan fingerprint density at radius 3 is 1.92 bits per heavy atom. The second-order valence-electron chi connectivity index (χ2n) is 2.67. The van der Waals surface area contributed by atoms with E-state index in [0.717, 1.165) is 21.5 Å². The van der Waals surface area contributed by atoms with E-state index in [1.807, 2.05) is 12.1 Å². The fourth-order valence-corrected chi connectivity index (χ4v) is 1.88. The number of halogens is 1. The van der Waals surface area contributed by atoms with Gasteiger partial charge in [-0.25, -0.2) is 0 Å². The summed E-state index contributed by atoms with van der Waals surface area (Å²) >= 11 is 2.22. The molecule has 0 aliphatic carbocycles. The van der Waals surface area contributed by atoms with Crippen LogP contribution in [0, 0.1) is 3.57 Å². The first-order chi connectivity index (χ1) is 6.22. The molecule has 0 aromatic heterocycles. The van der Waals surface area contributed by atoms with Gasteiger partial charge < -0.3 is 9.47 Å². The van der Waals surface area contributed by atoms with E-state index in [2.05, 4.69) is 29.5 Å². The van der Waals surface area contributed by atoms with Crippen LogP contribution in [0.25, 0.3) is 0 Å². The van der Waals surface area contributed by atoms with Gasteiger partial charge in [0, 0.05) is 0 Å². The van der Waals surface area contributed by atoms with E-state index in [1.54, 1.807) is 14.2 Å². The summed E-state index contributed by atoms with van der Waals surface area (Å²) in [7, 11) is 3.35. The lowest BCUT2D eigenvalue weighted by molar-refractivity contribution is 0.388. The molecular weight excluding hydrogens is 279 g/mol. The van der Waals surface area contributed by atoms with Crippen LogP contribution in [0.15, 0.2) is 12.1 Å². The molecule has 0 aliphatic rings. The fraction of sp³-hybridized carbons (Fsp3) is 0.400. The summed E-state index contributed by atoms with van der Waals surface area (Å²) in [4.78, 5) is 0. The van der Waals surface area contributed by atoms with Crippen LogP contribution in [-0.4, -0.2) is 14.2 Å². The van der Waals surface area contributed by atoms with Crippen LogP contribution in [-0.2, 0) is 6.42 Å². The van der Waals surface area contributed by atoms with E-state index in [-0.39, 0.29) is 0 Å². The molecular formula is C10H13IO2. The molecule has 0 aliphatic heterocycles. The van der Waals surface area contributed by atoms with Crippen molar-refractivity contribution in [3.63, 3.8) is 0 Å². The van der Waals surface area contributed by atoms with Gasteiger partial charge in [-0.2, -0.15) is 0 Å². The minimum Gasteiger partial charge on any atom is -0.495 e. The lowest BCUT2D eigenvalue weighted by atomic mass is 10.1. The largest absolute Gasteiger partial charge is 0.495 e. The van der Waals surface area contributed by atoms with Gasteiger partial charge in [0.1, 0.15) is 11.5 Å². The highest BCUT2D eigenvalue weighted by molar-refractivity contribution is 14.1. The topological polar surface area (TPSA) is 18.5 Å². The summed E-state index contributed by atoms with van der Waals surface area (Å²) in [5, 5.41) is 0. The molecule has 72 valence electrons. The van der Waals surface area contributed by atoms with Crippen molar-refractivity contribution in [3.8, 4) is 11.5 Å². The minimum absolute atomic E-state index is 0.886. The van der Waals surface area contributed by atoms with Gasteiger partial charge in [0.2, 0.25) is 0 Å². The molecule has 1 aromatic rings. The van der Waals surface area contributed by atoms with E-state index < -0.39 is 0 Å². The van der Waals surface area contributed by atoms with Gasteiger partial charge in [0.05, 0.1) is 17.8 Å². The molecule has 0 amide bonds. The maximum atomic E-state index is 5.24. The van der Waals surface area contributed by atoms with Gasteiger partial charge in [0.25, 0.3) is 0 Å². The zero-order chi connectivity index (χ0) is 9.84. The molecule has 0 atom stereocenters. The third kappa shape index (κ3) is 2.27. The summed E-state index contributed by atoms with van der Waals surface area (Å²) < 4.78 is 11.5. The molecule has 3 heteroatoms. The number of benzene rings is 1. The minimum atomic E-state index is 0.886. The lowest BCUT2D eigenvalue weighted by Gasteiger charge is -2.10. The van der Waals surface area contributed by atoms with Crippen LogP contribution in [0.5, 0.6) is 11.5 Å². The van der Waals surface area contributed by atoms with E-state index in [0.29, 0.717) is 0 Å². The SMILES string of the molecule is CCc1cc(OC)c(I)c(OC)c1. The number of rotatable bonds is 3. The van der Waals surface area contributed by atoms with Crippen molar-refractivity contribution in [2.24, 2.45) is 0 Å². The highest BCUT2D eigenvalue weighted by atomic mass is 127. The Morgan fingerprint density at radius 2 is 1.62 bits per heavy atom. The van der Waals surface area contributed by atoms with E-state index in [1.165, 1.54) is 5.56 Å². The zero-order valence-corrected chi connectivity index (χ0v) is 10.2. The molecule has 1 rings (SSSR count). The summed E-state index contributed by atoms with van der Waals surface area (Å²) in [6, 6.07) is 4.09.